The Kier molecular flexibility index (Phi) is 4.13. The largest absolute Gasteiger partial charge is 0.480 e. The lowest BCUT2D eigenvalue weighted by Gasteiger charge is -2.50. The highest BCUT2D eigenvalue weighted by molar-refractivity contribution is 6.31. The van der Waals surface area contributed by atoms with E-state index in [0.29, 0.717) is 13.1 Å². The van der Waals surface area contributed by atoms with Crippen molar-refractivity contribution in [2.45, 2.75) is 25.5 Å². The fraction of sp³-hybridized carbons (Fsp3) is 0.500. The van der Waals surface area contributed by atoms with Gasteiger partial charge in [-0.1, -0.05) is 29.8 Å². The molecule has 19 heavy (non-hydrogen) atoms. The molecule has 1 aromatic carbocycles. The molecule has 1 heterocycles. The minimum absolute atomic E-state index is 0.204. The molecule has 1 aliphatic rings. The predicted molar refractivity (Wildman–Crippen MR) is 73.4 cm³/mol. The molecule has 0 aromatic heterocycles. The van der Waals surface area contributed by atoms with Crippen LogP contribution in [0.1, 0.15) is 25.5 Å². The Hall–Kier alpha value is -1.10. The van der Waals surface area contributed by atoms with Crippen molar-refractivity contribution in [2.24, 2.45) is 0 Å². The maximum Gasteiger partial charge on any atom is 0.329 e. The van der Waals surface area contributed by atoms with Crippen LogP contribution >= 0.6 is 11.6 Å². The van der Waals surface area contributed by atoms with Crippen molar-refractivity contribution in [3.05, 3.63) is 34.9 Å². The van der Waals surface area contributed by atoms with Gasteiger partial charge in [-0.2, -0.15) is 0 Å². The molecule has 1 unspecified atom stereocenters. The molecule has 0 radical (unpaired) electrons. The Morgan fingerprint density at radius 3 is 2.74 bits per heavy atom. The van der Waals surface area contributed by atoms with Crippen molar-refractivity contribution in [1.82, 2.24) is 4.90 Å². The SMILES string of the molecule is CC(c1ccccc1Cl)N1CC(C)(OCC(=O)O)C1. The molecule has 4 nitrogen and oxygen atoms in total. The molecule has 1 saturated heterocycles. The van der Waals surface area contributed by atoms with E-state index in [1.54, 1.807) is 0 Å². The second-order valence-corrected chi connectivity index (χ2v) is 5.64. The van der Waals surface area contributed by atoms with E-state index in [2.05, 4.69) is 11.8 Å². The molecule has 0 aliphatic carbocycles. The second-order valence-electron chi connectivity index (χ2n) is 5.23. The summed E-state index contributed by atoms with van der Waals surface area (Å²) in [6, 6.07) is 7.98. The zero-order chi connectivity index (χ0) is 14.0. The van der Waals surface area contributed by atoms with Crippen LogP contribution in [0.2, 0.25) is 5.02 Å². The third-order valence-corrected chi connectivity index (χ3v) is 3.87. The molecule has 2 rings (SSSR count). The van der Waals surface area contributed by atoms with Crippen LogP contribution in [0, 0.1) is 0 Å². The molecule has 1 fully saturated rings. The van der Waals surface area contributed by atoms with Gasteiger partial charge in [0.25, 0.3) is 0 Å². The first-order chi connectivity index (χ1) is 8.91. The van der Waals surface area contributed by atoms with Gasteiger partial charge in [0.05, 0.1) is 5.60 Å². The fourth-order valence-electron chi connectivity index (χ4n) is 2.42. The second kappa shape index (κ2) is 5.49. The third-order valence-electron chi connectivity index (χ3n) is 3.52. The lowest BCUT2D eigenvalue weighted by atomic mass is 9.92. The predicted octanol–water partition coefficient (Wildman–Crippen LogP) is 2.58. The van der Waals surface area contributed by atoms with E-state index >= 15 is 0 Å². The molecular weight excluding hydrogens is 266 g/mol. The summed E-state index contributed by atoms with van der Waals surface area (Å²) < 4.78 is 5.40. The first kappa shape index (κ1) is 14.3. The molecule has 1 aliphatic heterocycles. The van der Waals surface area contributed by atoms with Crippen molar-refractivity contribution in [3.8, 4) is 0 Å². The van der Waals surface area contributed by atoms with Gasteiger partial charge in [-0.3, -0.25) is 4.90 Å². The van der Waals surface area contributed by atoms with Crippen LogP contribution < -0.4 is 0 Å². The number of carboxylic acids is 1. The number of likely N-dealkylation sites (tertiary alicyclic amines) is 1. The van der Waals surface area contributed by atoms with Gasteiger partial charge in [0.2, 0.25) is 0 Å². The summed E-state index contributed by atoms with van der Waals surface area (Å²) in [5.74, 6) is -0.932. The molecule has 0 bridgehead atoms. The summed E-state index contributed by atoms with van der Waals surface area (Å²) in [6.07, 6.45) is 0. The van der Waals surface area contributed by atoms with Crippen LogP contribution in [-0.4, -0.2) is 41.3 Å². The highest BCUT2D eigenvalue weighted by Crippen LogP contribution is 2.35. The van der Waals surface area contributed by atoms with Crippen molar-refractivity contribution in [2.75, 3.05) is 19.7 Å². The molecule has 0 spiro atoms. The van der Waals surface area contributed by atoms with Gasteiger partial charge < -0.3 is 9.84 Å². The minimum atomic E-state index is -0.932. The average molecular weight is 284 g/mol. The van der Waals surface area contributed by atoms with Crippen LogP contribution in [-0.2, 0) is 9.53 Å². The molecular formula is C14H18ClNO3. The lowest BCUT2D eigenvalue weighted by molar-refractivity contribution is -0.169. The number of nitrogens with zero attached hydrogens (tertiary/aromatic N) is 1. The maximum atomic E-state index is 10.5. The number of benzene rings is 1. The van der Waals surface area contributed by atoms with Crippen LogP contribution in [0.5, 0.6) is 0 Å². The van der Waals surface area contributed by atoms with Crippen molar-refractivity contribution < 1.29 is 14.6 Å². The lowest BCUT2D eigenvalue weighted by Crippen LogP contribution is -2.62. The number of hydrogen-bond donors (Lipinski definition) is 1. The van der Waals surface area contributed by atoms with Crippen LogP contribution in [0.15, 0.2) is 24.3 Å². The van der Waals surface area contributed by atoms with Crippen LogP contribution in [0.4, 0.5) is 0 Å². The highest BCUT2D eigenvalue weighted by atomic mass is 35.5. The number of hydrogen-bond acceptors (Lipinski definition) is 3. The monoisotopic (exact) mass is 283 g/mol. The van der Waals surface area contributed by atoms with Crippen molar-refractivity contribution >= 4 is 17.6 Å². The minimum Gasteiger partial charge on any atom is -0.480 e. The zero-order valence-electron chi connectivity index (χ0n) is 11.1. The first-order valence-corrected chi connectivity index (χ1v) is 6.63. The zero-order valence-corrected chi connectivity index (χ0v) is 11.9. The van der Waals surface area contributed by atoms with E-state index in [9.17, 15) is 4.79 Å². The summed E-state index contributed by atoms with van der Waals surface area (Å²) in [5, 5.41) is 9.39. The Balaban J connectivity index is 1.93. The Bertz CT molecular complexity index is 472. The van der Waals surface area contributed by atoms with Crippen LogP contribution in [0.3, 0.4) is 0 Å². The van der Waals surface area contributed by atoms with Gasteiger partial charge in [-0.05, 0) is 25.5 Å². The van der Waals surface area contributed by atoms with Gasteiger partial charge in [0.1, 0.15) is 6.61 Å². The van der Waals surface area contributed by atoms with Crippen molar-refractivity contribution in [3.63, 3.8) is 0 Å². The number of carboxylic acid groups (broad SMARTS) is 1. The van der Waals surface area contributed by atoms with E-state index in [1.807, 2.05) is 31.2 Å². The smallest absolute Gasteiger partial charge is 0.329 e. The summed E-state index contributed by atoms with van der Waals surface area (Å²) in [7, 11) is 0. The average Bonchev–Trinajstić information content (AvgIpc) is 2.33. The molecule has 1 N–H and O–H groups in total. The first-order valence-electron chi connectivity index (χ1n) is 6.25. The Labute approximate surface area is 117 Å². The molecule has 104 valence electrons. The van der Waals surface area contributed by atoms with Gasteiger partial charge in [0, 0.05) is 24.2 Å². The van der Waals surface area contributed by atoms with E-state index in [-0.39, 0.29) is 18.2 Å². The van der Waals surface area contributed by atoms with Crippen LogP contribution in [0.25, 0.3) is 0 Å². The normalized spacial score (nSPS) is 19.7. The third kappa shape index (κ3) is 3.26. The summed E-state index contributed by atoms with van der Waals surface area (Å²) >= 11 is 6.18. The summed E-state index contributed by atoms with van der Waals surface area (Å²) in [4.78, 5) is 12.7. The molecule has 1 atom stereocenters. The number of rotatable bonds is 5. The summed E-state index contributed by atoms with van der Waals surface area (Å²) in [5.41, 5.74) is 0.720. The quantitative estimate of drug-likeness (QED) is 0.902. The van der Waals surface area contributed by atoms with Gasteiger partial charge in [0.15, 0.2) is 0 Å². The maximum absolute atomic E-state index is 10.5. The number of ether oxygens (including phenoxy) is 1. The van der Waals surface area contributed by atoms with E-state index in [4.69, 9.17) is 21.4 Å². The van der Waals surface area contributed by atoms with Gasteiger partial charge in [-0.15, -0.1) is 0 Å². The van der Waals surface area contributed by atoms with E-state index in [1.165, 1.54) is 0 Å². The molecule has 0 saturated carbocycles. The van der Waals surface area contributed by atoms with E-state index in [0.717, 1.165) is 10.6 Å². The standard InChI is InChI=1S/C14H18ClNO3/c1-10(11-5-3-4-6-12(11)15)16-8-14(2,9-16)19-7-13(17)18/h3-6,10H,7-9H2,1-2H3,(H,17,18). The Morgan fingerprint density at radius 2 is 2.16 bits per heavy atom. The number of carbonyl (C=O) groups is 1. The fourth-order valence-corrected chi connectivity index (χ4v) is 2.72. The van der Waals surface area contributed by atoms with Gasteiger partial charge in [-0.25, -0.2) is 4.79 Å². The van der Waals surface area contributed by atoms with E-state index < -0.39 is 5.97 Å². The highest BCUT2D eigenvalue weighted by Gasteiger charge is 2.42. The topological polar surface area (TPSA) is 49.8 Å². The summed E-state index contributed by atoms with van der Waals surface area (Å²) in [6.45, 7) is 5.22. The molecule has 5 heteroatoms. The number of aliphatic carboxylic acids is 1. The molecule has 0 amide bonds. The number of halogens is 1. The molecule has 1 aromatic rings. The van der Waals surface area contributed by atoms with Crippen molar-refractivity contribution in [1.29, 1.82) is 0 Å². The Morgan fingerprint density at radius 1 is 1.53 bits per heavy atom. The van der Waals surface area contributed by atoms with Gasteiger partial charge >= 0.3 is 5.97 Å².